The minimum atomic E-state index is -4.10. The van der Waals surface area contributed by atoms with Gasteiger partial charge in [-0.3, -0.25) is 9.69 Å². The topological polar surface area (TPSA) is 69.7 Å². The third kappa shape index (κ3) is 3.99. The zero-order valence-electron chi connectivity index (χ0n) is 13.9. The average molecular weight is 373 g/mol. The van der Waals surface area contributed by atoms with Crippen LogP contribution in [0.25, 0.3) is 0 Å². The summed E-state index contributed by atoms with van der Waals surface area (Å²) in [6.45, 7) is 2.75. The molecular weight excluding hydrogens is 352 g/mol. The van der Waals surface area contributed by atoms with Gasteiger partial charge in [0.05, 0.1) is 6.04 Å². The molecule has 1 aliphatic carbocycles. The van der Waals surface area contributed by atoms with Crippen LogP contribution >= 0.6 is 0 Å². The molecule has 1 aliphatic heterocycles. The standard InChI is InChI=1S/C16H21F2N3O3S/c1-11(16(22)19-13-3-4-13)20-6-8-21(9-7-20)25(23,24)15-10-12(17)2-5-14(15)18/h2,5,10-11,13H,3-4,6-9H2,1H3,(H,19,22)/t11-/m0/s1. The number of piperazine rings is 1. The van der Waals surface area contributed by atoms with Crippen molar-refractivity contribution in [1.29, 1.82) is 0 Å². The van der Waals surface area contributed by atoms with Crippen molar-refractivity contribution in [2.24, 2.45) is 0 Å². The number of amides is 1. The highest BCUT2D eigenvalue weighted by molar-refractivity contribution is 7.89. The zero-order valence-corrected chi connectivity index (χ0v) is 14.7. The van der Waals surface area contributed by atoms with Crippen molar-refractivity contribution in [3.8, 4) is 0 Å². The molecule has 9 heteroatoms. The van der Waals surface area contributed by atoms with Crippen molar-refractivity contribution in [3.63, 3.8) is 0 Å². The summed E-state index contributed by atoms with van der Waals surface area (Å²) in [6, 6.07) is 2.31. The van der Waals surface area contributed by atoms with Crippen LogP contribution in [-0.2, 0) is 14.8 Å². The van der Waals surface area contributed by atoms with Crippen LogP contribution in [0.15, 0.2) is 23.1 Å². The Kier molecular flexibility index (Phi) is 5.08. The molecule has 1 amide bonds. The number of hydrogen-bond acceptors (Lipinski definition) is 4. The molecule has 0 radical (unpaired) electrons. The van der Waals surface area contributed by atoms with E-state index in [1.54, 1.807) is 6.92 Å². The molecule has 25 heavy (non-hydrogen) atoms. The molecule has 1 aromatic carbocycles. The number of benzene rings is 1. The number of rotatable bonds is 5. The molecule has 1 atom stereocenters. The Morgan fingerprint density at radius 3 is 2.44 bits per heavy atom. The van der Waals surface area contributed by atoms with Gasteiger partial charge in [-0.2, -0.15) is 4.31 Å². The van der Waals surface area contributed by atoms with Crippen molar-refractivity contribution in [1.82, 2.24) is 14.5 Å². The van der Waals surface area contributed by atoms with Crippen LogP contribution < -0.4 is 5.32 Å². The fourth-order valence-electron chi connectivity index (χ4n) is 2.86. The maximum absolute atomic E-state index is 13.8. The third-order valence-electron chi connectivity index (χ3n) is 4.64. The zero-order chi connectivity index (χ0) is 18.2. The number of carbonyl (C=O) groups is 1. The number of sulfonamides is 1. The van der Waals surface area contributed by atoms with Crippen LogP contribution in [0.1, 0.15) is 19.8 Å². The molecule has 3 rings (SSSR count). The van der Waals surface area contributed by atoms with Gasteiger partial charge in [0, 0.05) is 32.2 Å². The molecule has 1 aromatic rings. The number of nitrogens with zero attached hydrogens (tertiary/aromatic N) is 2. The summed E-state index contributed by atoms with van der Waals surface area (Å²) < 4.78 is 53.4. The van der Waals surface area contributed by atoms with Crippen LogP contribution in [-0.4, -0.2) is 61.8 Å². The molecule has 0 bridgehead atoms. The molecule has 0 spiro atoms. The first-order valence-electron chi connectivity index (χ1n) is 8.28. The summed E-state index contributed by atoms with van der Waals surface area (Å²) in [5.74, 6) is -1.83. The summed E-state index contributed by atoms with van der Waals surface area (Å²) >= 11 is 0. The normalized spacial score (nSPS) is 21.1. The van der Waals surface area contributed by atoms with Gasteiger partial charge >= 0.3 is 0 Å². The van der Waals surface area contributed by atoms with Crippen LogP contribution in [0, 0.1) is 11.6 Å². The molecule has 138 valence electrons. The minimum Gasteiger partial charge on any atom is -0.352 e. The van der Waals surface area contributed by atoms with Gasteiger partial charge in [0.15, 0.2) is 0 Å². The highest BCUT2D eigenvalue weighted by Crippen LogP contribution is 2.23. The van der Waals surface area contributed by atoms with Crippen molar-refractivity contribution >= 4 is 15.9 Å². The lowest BCUT2D eigenvalue weighted by Gasteiger charge is -2.36. The van der Waals surface area contributed by atoms with Gasteiger partial charge in [-0.15, -0.1) is 0 Å². The summed E-state index contributed by atoms with van der Waals surface area (Å²) in [5.41, 5.74) is 0. The highest BCUT2D eigenvalue weighted by Gasteiger charge is 2.34. The first-order chi connectivity index (χ1) is 11.8. The van der Waals surface area contributed by atoms with Crippen molar-refractivity contribution in [2.75, 3.05) is 26.2 Å². The Bertz CT molecular complexity index is 760. The van der Waals surface area contributed by atoms with E-state index in [0.29, 0.717) is 19.2 Å². The molecule has 2 aliphatic rings. The smallest absolute Gasteiger partial charge is 0.246 e. The van der Waals surface area contributed by atoms with Gasteiger partial charge < -0.3 is 5.32 Å². The van der Waals surface area contributed by atoms with Gasteiger partial charge in [0.2, 0.25) is 15.9 Å². The summed E-state index contributed by atoms with van der Waals surface area (Å²) in [5, 5.41) is 2.93. The number of nitrogens with one attached hydrogen (secondary N) is 1. The molecular formula is C16H21F2N3O3S. The molecule has 1 heterocycles. The van der Waals surface area contributed by atoms with Crippen molar-refractivity contribution in [2.45, 2.75) is 36.7 Å². The first kappa shape index (κ1) is 18.2. The van der Waals surface area contributed by atoms with Crippen LogP contribution in [0.2, 0.25) is 0 Å². The van der Waals surface area contributed by atoms with Crippen molar-refractivity contribution < 1.29 is 22.0 Å². The van der Waals surface area contributed by atoms with E-state index in [4.69, 9.17) is 0 Å². The molecule has 1 saturated carbocycles. The fraction of sp³-hybridized carbons (Fsp3) is 0.562. The Morgan fingerprint density at radius 1 is 1.20 bits per heavy atom. The predicted molar refractivity (Wildman–Crippen MR) is 87.3 cm³/mol. The third-order valence-corrected chi connectivity index (χ3v) is 6.55. The van der Waals surface area contributed by atoms with E-state index in [9.17, 15) is 22.0 Å². The van der Waals surface area contributed by atoms with E-state index in [0.717, 1.165) is 29.3 Å². The van der Waals surface area contributed by atoms with E-state index in [2.05, 4.69) is 5.32 Å². The van der Waals surface area contributed by atoms with Gasteiger partial charge in [0.25, 0.3) is 0 Å². The molecule has 0 aromatic heterocycles. The van der Waals surface area contributed by atoms with Crippen molar-refractivity contribution in [3.05, 3.63) is 29.8 Å². The van der Waals surface area contributed by atoms with Crippen LogP contribution in [0.3, 0.4) is 0 Å². The van der Waals surface area contributed by atoms with Gasteiger partial charge in [-0.1, -0.05) is 0 Å². The second kappa shape index (κ2) is 6.97. The maximum Gasteiger partial charge on any atom is 0.246 e. The largest absolute Gasteiger partial charge is 0.352 e. The maximum atomic E-state index is 13.8. The van der Waals surface area contributed by atoms with Gasteiger partial charge in [0.1, 0.15) is 16.5 Å². The first-order valence-corrected chi connectivity index (χ1v) is 9.72. The highest BCUT2D eigenvalue weighted by atomic mass is 32.2. The lowest BCUT2D eigenvalue weighted by molar-refractivity contribution is -0.126. The lowest BCUT2D eigenvalue weighted by Crippen LogP contribution is -2.55. The van der Waals surface area contributed by atoms with Crippen LogP contribution in [0.4, 0.5) is 8.78 Å². The summed E-state index contributed by atoms with van der Waals surface area (Å²) in [6.07, 6.45) is 2.01. The number of halogens is 2. The number of hydrogen-bond donors (Lipinski definition) is 1. The van der Waals surface area contributed by atoms with Gasteiger partial charge in [-0.25, -0.2) is 17.2 Å². The van der Waals surface area contributed by atoms with E-state index in [1.807, 2.05) is 4.90 Å². The second-order valence-electron chi connectivity index (χ2n) is 6.47. The second-order valence-corrected chi connectivity index (χ2v) is 8.38. The molecule has 1 N–H and O–H groups in total. The number of carbonyl (C=O) groups excluding carboxylic acids is 1. The molecule has 0 unspecified atom stereocenters. The monoisotopic (exact) mass is 373 g/mol. The predicted octanol–water partition coefficient (Wildman–Crippen LogP) is 0.938. The van der Waals surface area contributed by atoms with E-state index < -0.39 is 26.6 Å². The SMILES string of the molecule is C[C@@H](C(=O)NC1CC1)N1CCN(S(=O)(=O)c2cc(F)ccc2F)CC1. The Morgan fingerprint density at radius 2 is 1.84 bits per heavy atom. The van der Waals surface area contributed by atoms with E-state index >= 15 is 0 Å². The van der Waals surface area contributed by atoms with E-state index in [-0.39, 0.29) is 31.1 Å². The van der Waals surface area contributed by atoms with Crippen LogP contribution in [0.5, 0.6) is 0 Å². The quantitative estimate of drug-likeness (QED) is 0.834. The summed E-state index contributed by atoms with van der Waals surface area (Å²) in [7, 11) is -4.10. The summed E-state index contributed by atoms with van der Waals surface area (Å²) in [4.78, 5) is 13.3. The molecule has 6 nitrogen and oxygen atoms in total. The van der Waals surface area contributed by atoms with Gasteiger partial charge in [-0.05, 0) is 38.0 Å². The Balaban J connectivity index is 1.64. The Hall–Kier alpha value is -1.58. The Labute approximate surface area is 145 Å². The van der Waals surface area contributed by atoms with E-state index in [1.165, 1.54) is 0 Å². The fourth-order valence-corrected chi connectivity index (χ4v) is 4.36. The minimum absolute atomic E-state index is 0.0602. The molecule has 2 fully saturated rings. The lowest BCUT2D eigenvalue weighted by atomic mass is 10.2. The molecule has 1 saturated heterocycles. The average Bonchev–Trinajstić information content (AvgIpc) is 3.40.